The maximum absolute atomic E-state index is 2.28. The molecule has 0 N–H and O–H groups in total. The van der Waals surface area contributed by atoms with Gasteiger partial charge in [0.05, 0.1) is 0 Å². The van der Waals surface area contributed by atoms with E-state index in [1.807, 2.05) is 0 Å². The number of halogens is 2. The van der Waals surface area contributed by atoms with Gasteiger partial charge in [-0.15, -0.1) is 150 Å². The minimum absolute atomic E-state index is 0. The van der Waals surface area contributed by atoms with Gasteiger partial charge in [-0.05, 0) is 24.7 Å². The van der Waals surface area contributed by atoms with Crippen LogP contribution >= 0.6 is 0 Å². The summed E-state index contributed by atoms with van der Waals surface area (Å²) in [4.78, 5) is 0. The number of hydrogen-bond donors (Lipinski definition) is 0. The van der Waals surface area contributed by atoms with Crippen molar-refractivity contribution < 1.29 is 63.2 Å². The monoisotopic (exact) mass is 910 g/mol. The summed E-state index contributed by atoms with van der Waals surface area (Å²) in [6, 6.07) is 48.2. The Balaban J connectivity index is 0.000000361. The third kappa shape index (κ3) is 17.8. The van der Waals surface area contributed by atoms with Crippen LogP contribution in [0.4, 0.5) is 0 Å². The van der Waals surface area contributed by atoms with Gasteiger partial charge in [0.1, 0.15) is 0 Å². The Kier molecular flexibility index (Phi) is 25.6. The molecule has 6 heteroatoms. The van der Waals surface area contributed by atoms with Gasteiger partial charge in [0.15, 0.2) is 0 Å². The topological polar surface area (TPSA) is 0 Å². The predicted octanol–water partition coefficient (Wildman–Crippen LogP) is 9.80. The second-order valence-corrected chi connectivity index (χ2v) is 29.1. The van der Waals surface area contributed by atoms with Crippen LogP contribution in [0.15, 0.2) is 133 Å². The third-order valence-corrected chi connectivity index (χ3v) is 9.27. The van der Waals surface area contributed by atoms with Crippen molar-refractivity contribution in [3.05, 3.63) is 167 Å². The molecule has 0 aliphatic heterocycles. The quantitative estimate of drug-likeness (QED) is 0.122. The molecule has 8 aromatic rings. The molecule has 0 atom stereocenters. The fourth-order valence-corrected chi connectivity index (χ4v) is 6.66. The van der Waals surface area contributed by atoms with Crippen LogP contribution < -0.4 is 24.8 Å². The molecule has 0 aliphatic carbocycles. The van der Waals surface area contributed by atoms with E-state index in [0.29, 0.717) is 11.8 Å². The van der Waals surface area contributed by atoms with Gasteiger partial charge >= 0.3 is 76.9 Å². The fraction of sp³-hybridized carbons (Fsp3) is 0.308. The molecule has 0 radical (unpaired) electrons. The van der Waals surface area contributed by atoms with Gasteiger partial charge in [0, 0.05) is 0 Å². The number of aryl methyl sites for hydroxylation is 4. The van der Waals surface area contributed by atoms with E-state index in [0.717, 1.165) is 12.8 Å². The van der Waals surface area contributed by atoms with E-state index in [1.165, 1.54) is 76.5 Å². The molecule has 8 aromatic carbocycles. The number of rotatable bonds is 4. The summed E-state index contributed by atoms with van der Waals surface area (Å²) < 4.78 is 0. The maximum Gasteiger partial charge on any atom is -0.0308 e. The summed E-state index contributed by atoms with van der Waals surface area (Å²) in [5.41, 5.74) is 8.53. The van der Waals surface area contributed by atoms with Crippen molar-refractivity contribution in [1.29, 1.82) is 0 Å². The van der Waals surface area contributed by atoms with Crippen LogP contribution in [0.2, 0.25) is 26.2 Å². The summed E-state index contributed by atoms with van der Waals surface area (Å²) in [6.07, 6.45) is 2.51. The van der Waals surface area contributed by atoms with E-state index >= 15 is 0 Å². The smallest absolute Gasteiger partial charge is 0.0308 e. The summed E-state index contributed by atoms with van der Waals surface area (Å²) in [6.45, 7) is 26.8. The molecule has 0 saturated carbocycles. The molecule has 0 amide bonds. The normalized spacial score (nSPS) is 10.1. The summed E-state index contributed by atoms with van der Waals surface area (Å²) >= 11 is 4.54. The van der Waals surface area contributed by atoms with Crippen molar-refractivity contribution in [1.82, 2.24) is 0 Å². The van der Waals surface area contributed by atoms with Gasteiger partial charge in [-0.1, -0.05) is 90.8 Å². The van der Waals surface area contributed by atoms with Gasteiger partial charge in [-0.25, -0.2) is 0 Å². The van der Waals surface area contributed by atoms with E-state index in [4.69, 9.17) is 0 Å². The van der Waals surface area contributed by atoms with Crippen molar-refractivity contribution in [2.24, 2.45) is 0 Å². The minimum Gasteiger partial charge on any atom is -1.00 e. The van der Waals surface area contributed by atoms with E-state index in [-0.39, 0.29) is 37.2 Å². The van der Waals surface area contributed by atoms with Crippen LogP contribution in [0.25, 0.3) is 43.1 Å². The molecule has 0 saturated heterocycles. The fourth-order valence-electron chi connectivity index (χ4n) is 6.66. The Morgan fingerprint density at radius 1 is 0.466 bits per heavy atom. The van der Waals surface area contributed by atoms with Crippen LogP contribution in [-0.4, -0.2) is 12.4 Å². The SMILES string of the molecule is CCc1cc2ccccc2[cH-]1.CCc1cc2ccccc2[cH-]1.C[Si](C)=[Ti+2].C[Si](C)=[Ti+2].Cc1cc2c(C(C)C)cccc2[cH-]1.Cc1cc2c(C(C)C)cccc2[cH-]1.[Cl-].[Cl-]. The second-order valence-electron chi connectivity index (χ2n) is 15.8. The van der Waals surface area contributed by atoms with Crippen molar-refractivity contribution in [2.45, 2.75) is 106 Å². The summed E-state index contributed by atoms with van der Waals surface area (Å²) in [7, 11) is 0. The first kappa shape index (κ1) is 53.8. The molecule has 0 heterocycles. The molecule has 8 rings (SSSR count). The minimum atomic E-state index is 0. The summed E-state index contributed by atoms with van der Waals surface area (Å²) in [5.74, 6) is 1.23. The van der Waals surface area contributed by atoms with Gasteiger partial charge in [-0.2, -0.15) is 24.3 Å². The molecule has 58 heavy (non-hydrogen) atoms. The molecule has 0 nitrogen and oxygen atoms in total. The first-order valence-electron chi connectivity index (χ1n) is 20.3. The molecular weight excluding hydrogens is 847 g/mol. The van der Waals surface area contributed by atoms with E-state index in [2.05, 4.69) is 253 Å². The molecule has 0 bridgehead atoms. The summed E-state index contributed by atoms with van der Waals surface area (Å²) in [5, 5.41) is 11.1. The second kappa shape index (κ2) is 27.6. The van der Waals surface area contributed by atoms with Gasteiger partial charge < -0.3 is 24.8 Å². The van der Waals surface area contributed by atoms with Crippen LogP contribution in [0.5, 0.6) is 0 Å². The van der Waals surface area contributed by atoms with Crippen LogP contribution in [0.1, 0.15) is 86.8 Å². The zero-order valence-corrected chi connectivity index (χ0v) is 43.7. The standard InChI is InChI=1S/2C13H15.2C11H11.2C2H6Si.2ClH.2Ti/c2*1-9(2)12-6-4-5-11-7-10(3)8-13(11)12;2*1-2-9-7-10-5-3-4-6-11(10)8-9;2*1-3-2;;;;/h2*4-9H,1-3H3;2*3-8H,2H2,1H3;2*1-2H3;2*1H;;/q4*-1;;;;;2*+2/p-2. The van der Waals surface area contributed by atoms with Crippen LogP contribution in [0.3, 0.4) is 0 Å². The van der Waals surface area contributed by atoms with Gasteiger partial charge in [0.25, 0.3) is 0 Å². The molecular formula is C52H64Cl2Si2Ti2-2. The molecule has 0 spiro atoms. The van der Waals surface area contributed by atoms with Crippen molar-refractivity contribution in [2.75, 3.05) is 0 Å². The third-order valence-electron chi connectivity index (χ3n) is 9.27. The largest absolute Gasteiger partial charge is 1.00 e. The Morgan fingerprint density at radius 3 is 1.07 bits per heavy atom. The van der Waals surface area contributed by atoms with Gasteiger partial charge in [-0.3, -0.25) is 0 Å². The van der Waals surface area contributed by atoms with E-state index in [9.17, 15) is 0 Å². The zero-order valence-electron chi connectivity index (χ0n) is 37.0. The zero-order chi connectivity index (χ0) is 41.4. The average Bonchev–Trinajstić information content (AvgIpc) is 3.94. The number of fused-ring (bicyclic) bond motifs is 4. The van der Waals surface area contributed by atoms with Crippen LogP contribution in [-0.2, 0) is 51.2 Å². The number of hydrogen-bond acceptors (Lipinski definition) is 0. The van der Waals surface area contributed by atoms with Crippen molar-refractivity contribution in [3.63, 3.8) is 0 Å². The number of benzene rings is 4. The maximum atomic E-state index is 2.28. The van der Waals surface area contributed by atoms with Crippen molar-refractivity contribution >= 4 is 55.5 Å². The average molecular weight is 912 g/mol. The molecule has 0 fully saturated rings. The van der Waals surface area contributed by atoms with Crippen molar-refractivity contribution in [3.8, 4) is 0 Å². The van der Waals surface area contributed by atoms with E-state index < -0.39 is 0 Å². The Bertz CT molecular complexity index is 2170. The Labute approximate surface area is 388 Å². The first-order chi connectivity index (χ1) is 26.6. The van der Waals surface area contributed by atoms with Crippen LogP contribution in [0, 0.1) is 13.8 Å². The first-order valence-corrected chi connectivity index (χ1v) is 30.0. The molecule has 0 unspecified atom stereocenters. The van der Waals surface area contributed by atoms with Gasteiger partial charge in [0.2, 0.25) is 0 Å². The molecule has 0 aromatic heterocycles. The predicted molar refractivity (Wildman–Crippen MR) is 250 cm³/mol. The molecule has 304 valence electrons. The Hall–Kier alpha value is -2.24. The Morgan fingerprint density at radius 2 is 0.776 bits per heavy atom. The van der Waals surface area contributed by atoms with E-state index in [1.54, 1.807) is 0 Å². The molecule has 0 aliphatic rings.